The maximum absolute atomic E-state index is 10.9. The monoisotopic (exact) mass is 357 g/mol. The highest BCUT2D eigenvalue weighted by Crippen LogP contribution is 2.30. The molecule has 0 amide bonds. The number of aliphatic hydroxyl groups is 4. The number of rotatable bonds is 6. The molecule has 140 valence electrons. The summed E-state index contributed by atoms with van der Waals surface area (Å²) in [6, 6.07) is 4.96. The SMILES string of the molecule is CNc1cc(COC(C)=O)ccc1O[C@@H]1O[C@H](CO)[C@H](O)[C@H](O)[C@H]1O. The Morgan fingerprint density at radius 3 is 2.56 bits per heavy atom. The molecular formula is C16H23NO8. The molecule has 5 atom stereocenters. The van der Waals surface area contributed by atoms with E-state index < -0.39 is 43.3 Å². The molecule has 9 heteroatoms. The van der Waals surface area contributed by atoms with Crippen LogP contribution in [0.2, 0.25) is 0 Å². The topological polar surface area (TPSA) is 138 Å². The molecule has 1 fully saturated rings. The highest BCUT2D eigenvalue weighted by atomic mass is 16.7. The van der Waals surface area contributed by atoms with E-state index in [1.165, 1.54) is 6.92 Å². The van der Waals surface area contributed by atoms with Crippen LogP contribution < -0.4 is 10.1 Å². The van der Waals surface area contributed by atoms with Crippen molar-refractivity contribution in [1.29, 1.82) is 0 Å². The Bertz CT molecular complexity index is 593. The second kappa shape index (κ2) is 8.45. The highest BCUT2D eigenvalue weighted by molar-refractivity contribution is 5.66. The summed E-state index contributed by atoms with van der Waals surface area (Å²) >= 11 is 0. The van der Waals surface area contributed by atoms with Crippen molar-refractivity contribution in [2.75, 3.05) is 19.0 Å². The number of ether oxygens (including phenoxy) is 3. The number of hydrogen-bond donors (Lipinski definition) is 5. The van der Waals surface area contributed by atoms with Crippen molar-refractivity contribution < 1.29 is 39.4 Å². The van der Waals surface area contributed by atoms with Gasteiger partial charge in [-0.2, -0.15) is 0 Å². The van der Waals surface area contributed by atoms with Gasteiger partial charge in [0.05, 0.1) is 12.3 Å². The van der Waals surface area contributed by atoms with E-state index in [0.29, 0.717) is 11.4 Å². The Balaban J connectivity index is 2.14. The Kier molecular flexibility index (Phi) is 6.57. The summed E-state index contributed by atoms with van der Waals surface area (Å²) in [5.41, 5.74) is 1.27. The summed E-state index contributed by atoms with van der Waals surface area (Å²) in [4.78, 5) is 10.9. The molecule has 0 spiro atoms. The second-order valence-corrected chi connectivity index (χ2v) is 5.68. The van der Waals surface area contributed by atoms with Crippen molar-refractivity contribution in [1.82, 2.24) is 0 Å². The van der Waals surface area contributed by atoms with Gasteiger partial charge in [0.1, 0.15) is 36.8 Å². The van der Waals surface area contributed by atoms with Gasteiger partial charge >= 0.3 is 5.97 Å². The predicted octanol–water partition coefficient (Wildman–Crippen LogP) is -1.03. The molecule has 1 aromatic carbocycles. The number of anilines is 1. The summed E-state index contributed by atoms with van der Waals surface area (Å²) in [5, 5.41) is 41.7. The molecule has 1 aromatic rings. The lowest BCUT2D eigenvalue weighted by Gasteiger charge is -2.39. The molecule has 1 heterocycles. The van der Waals surface area contributed by atoms with E-state index in [0.717, 1.165) is 5.56 Å². The molecule has 0 unspecified atom stereocenters. The minimum Gasteiger partial charge on any atom is -0.461 e. The van der Waals surface area contributed by atoms with E-state index in [2.05, 4.69) is 5.32 Å². The maximum atomic E-state index is 10.9. The van der Waals surface area contributed by atoms with Crippen LogP contribution in [0.1, 0.15) is 12.5 Å². The summed E-state index contributed by atoms with van der Waals surface area (Å²) in [6.07, 6.45) is -6.79. The van der Waals surface area contributed by atoms with Gasteiger partial charge in [0.15, 0.2) is 0 Å². The lowest BCUT2D eigenvalue weighted by atomic mass is 9.99. The first kappa shape index (κ1) is 19.4. The molecule has 5 N–H and O–H groups in total. The molecule has 1 saturated heterocycles. The average Bonchev–Trinajstić information content (AvgIpc) is 2.60. The standard InChI is InChI=1S/C16H23NO8/c1-8(19)23-7-9-3-4-11(10(5-9)17-2)24-16-15(22)14(21)13(20)12(6-18)25-16/h3-5,12-18,20-22H,6-7H2,1-2H3/t12-,13+,14+,15-,16-/m1/s1. The first-order valence-electron chi connectivity index (χ1n) is 7.78. The number of esters is 1. The van der Waals surface area contributed by atoms with Crippen LogP contribution in [0.4, 0.5) is 5.69 Å². The quantitative estimate of drug-likeness (QED) is 0.405. The fourth-order valence-electron chi connectivity index (χ4n) is 2.44. The minimum absolute atomic E-state index is 0.102. The number of benzene rings is 1. The molecule has 1 aliphatic rings. The fraction of sp³-hybridized carbons (Fsp3) is 0.562. The van der Waals surface area contributed by atoms with Gasteiger partial charge in [-0.1, -0.05) is 6.07 Å². The Hall–Kier alpha value is -1.91. The van der Waals surface area contributed by atoms with Gasteiger partial charge in [-0.05, 0) is 17.7 Å². The van der Waals surface area contributed by atoms with Gasteiger partial charge < -0.3 is 40.0 Å². The lowest BCUT2D eigenvalue weighted by molar-refractivity contribution is -0.277. The van der Waals surface area contributed by atoms with Crippen molar-refractivity contribution in [2.45, 2.75) is 44.2 Å². The number of carbonyl (C=O) groups is 1. The molecule has 0 aromatic heterocycles. The van der Waals surface area contributed by atoms with Crippen LogP contribution in [0.5, 0.6) is 5.75 Å². The van der Waals surface area contributed by atoms with Gasteiger partial charge in [-0.25, -0.2) is 0 Å². The molecule has 1 aliphatic heterocycles. The zero-order valence-corrected chi connectivity index (χ0v) is 14.0. The minimum atomic E-state index is -1.52. The zero-order chi connectivity index (χ0) is 18.6. The summed E-state index contributed by atoms with van der Waals surface area (Å²) < 4.78 is 15.8. The van der Waals surface area contributed by atoms with Gasteiger partial charge in [-0.3, -0.25) is 4.79 Å². The zero-order valence-electron chi connectivity index (χ0n) is 14.0. The van der Waals surface area contributed by atoms with Crippen LogP contribution in [0, 0.1) is 0 Å². The van der Waals surface area contributed by atoms with Crippen LogP contribution in [0.3, 0.4) is 0 Å². The van der Waals surface area contributed by atoms with E-state index in [1.807, 2.05) is 0 Å². The van der Waals surface area contributed by atoms with E-state index in [1.54, 1.807) is 25.2 Å². The lowest BCUT2D eigenvalue weighted by Crippen LogP contribution is -2.60. The van der Waals surface area contributed by atoms with Crippen molar-refractivity contribution >= 4 is 11.7 Å². The Morgan fingerprint density at radius 1 is 1.24 bits per heavy atom. The molecule has 2 rings (SSSR count). The molecule has 0 saturated carbocycles. The van der Waals surface area contributed by atoms with Crippen LogP contribution >= 0.6 is 0 Å². The summed E-state index contributed by atoms with van der Waals surface area (Å²) in [6.45, 7) is 0.880. The summed E-state index contributed by atoms with van der Waals surface area (Å²) in [5.74, 6) is -0.0777. The largest absolute Gasteiger partial charge is 0.461 e. The number of nitrogens with one attached hydrogen (secondary N) is 1. The van der Waals surface area contributed by atoms with Gasteiger partial charge in [0.2, 0.25) is 6.29 Å². The van der Waals surface area contributed by atoms with Crippen LogP contribution in [-0.4, -0.2) is 70.8 Å². The van der Waals surface area contributed by atoms with Gasteiger partial charge in [0.25, 0.3) is 0 Å². The number of hydrogen-bond acceptors (Lipinski definition) is 9. The summed E-state index contributed by atoms with van der Waals surface area (Å²) in [7, 11) is 1.66. The van der Waals surface area contributed by atoms with Crippen LogP contribution in [0.15, 0.2) is 18.2 Å². The van der Waals surface area contributed by atoms with Crippen molar-refractivity contribution in [2.24, 2.45) is 0 Å². The average molecular weight is 357 g/mol. The third kappa shape index (κ3) is 4.59. The van der Waals surface area contributed by atoms with Crippen molar-refractivity contribution in [3.05, 3.63) is 23.8 Å². The molecule has 0 radical (unpaired) electrons. The maximum Gasteiger partial charge on any atom is 0.302 e. The molecule has 0 bridgehead atoms. The van der Waals surface area contributed by atoms with Crippen LogP contribution in [0.25, 0.3) is 0 Å². The Morgan fingerprint density at radius 2 is 1.96 bits per heavy atom. The van der Waals surface area contributed by atoms with E-state index in [-0.39, 0.29) is 6.61 Å². The second-order valence-electron chi connectivity index (χ2n) is 5.68. The number of carbonyl (C=O) groups excluding carboxylic acids is 1. The smallest absolute Gasteiger partial charge is 0.302 e. The normalized spacial score (nSPS) is 29.1. The first-order chi connectivity index (χ1) is 11.9. The molecular weight excluding hydrogens is 334 g/mol. The van der Waals surface area contributed by atoms with Gasteiger partial charge in [0, 0.05) is 14.0 Å². The van der Waals surface area contributed by atoms with Crippen molar-refractivity contribution in [3.8, 4) is 5.75 Å². The molecule has 0 aliphatic carbocycles. The fourth-order valence-corrected chi connectivity index (χ4v) is 2.44. The van der Waals surface area contributed by atoms with E-state index >= 15 is 0 Å². The highest BCUT2D eigenvalue weighted by Gasteiger charge is 2.44. The Labute approximate surface area is 144 Å². The van der Waals surface area contributed by atoms with Gasteiger partial charge in [-0.15, -0.1) is 0 Å². The van der Waals surface area contributed by atoms with E-state index in [4.69, 9.17) is 14.2 Å². The first-order valence-corrected chi connectivity index (χ1v) is 7.78. The number of aliphatic hydroxyl groups excluding tert-OH is 4. The predicted molar refractivity (Wildman–Crippen MR) is 85.9 cm³/mol. The third-order valence-electron chi connectivity index (χ3n) is 3.85. The molecule has 25 heavy (non-hydrogen) atoms. The van der Waals surface area contributed by atoms with Crippen molar-refractivity contribution in [3.63, 3.8) is 0 Å². The third-order valence-corrected chi connectivity index (χ3v) is 3.85. The van der Waals surface area contributed by atoms with E-state index in [9.17, 15) is 25.2 Å². The molecule has 9 nitrogen and oxygen atoms in total. The van der Waals surface area contributed by atoms with Crippen LogP contribution in [-0.2, 0) is 20.9 Å².